The van der Waals surface area contributed by atoms with Crippen LogP contribution in [0, 0.1) is 17.4 Å². The topological polar surface area (TPSA) is 51.2 Å². The highest BCUT2D eigenvalue weighted by Gasteiger charge is 2.14. The van der Waals surface area contributed by atoms with Crippen molar-refractivity contribution in [1.29, 1.82) is 0 Å². The maximum absolute atomic E-state index is 12.6. The van der Waals surface area contributed by atoms with E-state index in [0.29, 0.717) is 0 Å². The Bertz CT molecular complexity index is 1170. The average molecular weight is 514 g/mol. The van der Waals surface area contributed by atoms with Gasteiger partial charge in [0.2, 0.25) is 0 Å². The van der Waals surface area contributed by atoms with Gasteiger partial charge in [-0.2, -0.15) is 0 Å². The average Bonchev–Trinajstić information content (AvgIpc) is 3.14. The number of nitrogens with one attached hydrogen (secondary N) is 1. The third-order valence-corrected chi connectivity index (χ3v) is 6.43. The van der Waals surface area contributed by atoms with Gasteiger partial charge in [0.15, 0.2) is 6.61 Å². The van der Waals surface area contributed by atoms with Crippen LogP contribution in [0.15, 0.2) is 60.7 Å². The number of thiazole rings is 1. The lowest BCUT2D eigenvalue weighted by atomic mass is 10.1. The van der Waals surface area contributed by atoms with E-state index in [1.165, 1.54) is 0 Å². The summed E-state index contributed by atoms with van der Waals surface area (Å²) < 4.78 is 7.95. The van der Waals surface area contributed by atoms with Gasteiger partial charge < -0.3 is 10.1 Å². The molecule has 0 aliphatic rings. The zero-order valence-corrected chi connectivity index (χ0v) is 19.0. The summed E-state index contributed by atoms with van der Waals surface area (Å²) in [5.74, 6) is 0.531. The fraction of sp³-hybridized carbons (Fsp3) is 0.130. The number of amides is 1. The molecular formula is C23H19IN2O2S. The number of anilines is 1. The third kappa shape index (κ3) is 4.43. The van der Waals surface area contributed by atoms with Crippen LogP contribution in [0.2, 0.25) is 0 Å². The second kappa shape index (κ2) is 8.51. The minimum absolute atomic E-state index is 0.0461. The fourth-order valence-electron chi connectivity index (χ4n) is 3.00. The maximum Gasteiger partial charge on any atom is 0.262 e. The number of para-hydroxylation sites is 1. The zero-order valence-electron chi connectivity index (χ0n) is 16.0. The Labute approximate surface area is 187 Å². The van der Waals surface area contributed by atoms with E-state index in [2.05, 4.69) is 34.0 Å². The number of rotatable bonds is 5. The predicted molar refractivity (Wildman–Crippen MR) is 128 cm³/mol. The molecule has 0 atom stereocenters. The number of aromatic nitrogens is 1. The molecule has 1 amide bonds. The number of benzene rings is 3. The number of hydrogen-bond donors (Lipinski definition) is 1. The fourth-order valence-corrected chi connectivity index (χ4v) is 4.49. The maximum atomic E-state index is 12.6. The molecule has 0 fully saturated rings. The number of nitrogens with zero attached hydrogens (tertiary/aromatic N) is 1. The first-order valence-corrected chi connectivity index (χ1v) is 11.0. The Morgan fingerprint density at radius 3 is 2.76 bits per heavy atom. The standard InChI is InChI=1S/C23H19IN2O2S/c1-14-6-5-8-20(15(14)2)28-13-22(27)25-18-11-10-16(24)12-17(18)23-26-19-7-3-4-9-21(19)29-23/h3-12H,13H2,1-2H3,(H,25,27). The van der Waals surface area contributed by atoms with Crippen molar-refractivity contribution in [2.45, 2.75) is 13.8 Å². The van der Waals surface area contributed by atoms with Gasteiger partial charge in [-0.15, -0.1) is 11.3 Å². The lowest BCUT2D eigenvalue weighted by Crippen LogP contribution is -2.21. The van der Waals surface area contributed by atoms with Crippen molar-refractivity contribution < 1.29 is 9.53 Å². The summed E-state index contributed by atoms with van der Waals surface area (Å²) in [6, 6.07) is 19.8. The summed E-state index contributed by atoms with van der Waals surface area (Å²) in [6.07, 6.45) is 0. The Morgan fingerprint density at radius 2 is 1.93 bits per heavy atom. The summed E-state index contributed by atoms with van der Waals surface area (Å²) in [4.78, 5) is 17.3. The van der Waals surface area contributed by atoms with E-state index < -0.39 is 0 Å². The van der Waals surface area contributed by atoms with E-state index in [1.54, 1.807) is 11.3 Å². The summed E-state index contributed by atoms with van der Waals surface area (Å²) in [6.45, 7) is 3.97. The SMILES string of the molecule is Cc1cccc(OCC(=O)Nc2ccc(I)cc2-c2nc3ccccc3s2)c1C. The largest absolute Gasteiger partial charge is 0.483 e. The predicted octanol–water partition coefficient (Wildman–Crippen LogP) is 6.20. The van der Waals surface area contributed by atoms with Gasteiger partial charge >= 0.3 is 0 Å². The molecule has 6 heteroatoms. The van der Waals surface area contributed by atoms with E-state index in [-0.39, 0.29) is 12.5 Å². The summed E-state index contributed by atoms with van der Waals surface area (Å²) in [5.41, 5.74) is 4.79. The molecule has 0 spiro atoms. The Hall–Kier alpha value is -2.45. The van der Waals surface area contributed by atoms with Crippen molar-refractivity contribution in [2.24, 2.45) is 0 Å². The van der Waals surface area contributed by atoms with Crippen LogP contribution < -0.4 is 10.1 Å². The molecule has 0 unspecified atom stereocenters. The van der Waals surface area contributed by atoms with Gasteiger partial charge in [0.25, 0.3) is 5.91 Å². The quantitative estimate of drug-likeness (QED) is 0.323. The van der Waals surface area contributed by atoms with Crippen LogP contribution in [0.25, 0.3) is 20.8 Å². The van der Waals surface area contributed by atoms with Gasteiger partial charge in [0, 0.05) is 9.13 Å². The monoisotopic (exact) mass is 514 g/mol. The molecule has 4 aromatic rings. The van der Waals surface area contributed by atoms with Gasteiger partial charge in [0.1, 0.15) is 10.8 Å². The summed E-state index contributed by atoms with van der Waals surface area (Å²) >= 11 is 3.89. The van der Waals surface area contributed by atoms with E-state index in [0.717, 1.165) is 46.9 Å². The molecule has 0 saturated carbocycles. The highest BCUT2D eigenvalue weighted by molar-refractivity contribution is 14.1. The van der Waals surface area contributed by atoms with Crippen LogP contribution in [-0.2, 0) is 4.79 Å². The Morgan fingerprint density at radius 1 is 1.10 bits per heavy atom. The van der Waals surface area contributed by atoms with Gasteiger partial charge in [-0.25, -0.2) is 4.98 Å². The number of fused-ring (bicyclic) bond motifs is 1. The molecule has 1 aromatic heterocycles. The summed E-state index contributed by atoms with van der Waals surface area (Å²) in [5, 5.41) is 3.87. The number of halogens is 1. The van der Waals surface area contributed by atoms with Gasteiger partial charge in [-0.3, -0.25) is 4.79 Å². The van der Waals surface area contributed by atoms with Crippen molar-refractivity contribution in [1.82, 2.24) is 4.98 Å². The van der Waals surface area contributed by atoms with Crippen LogP contribution in [0.3, 0.4) is 0 Å². The number of aryl methyl sites for hydroxylation is 1. The molecule has 1 N–H and O–H groups in total. The molecule has 0 aliphatic carbocycles. The van der Waals surface area contributed by atoms with Gasteiger partial charge in [-0.1, -0.05) is 24.3 Å². The molecule has 29 heavy (non-hydrogen) atoms. The van der Waals surface area contributed by atoms with Crippen LogP contribution in [0.1, 0.15) is 11.1 Å². The van der Waals surface area contributed by atoms with Crippen LogP contribution in [-0.4, -0.2) is 17.5 Å². The number of carbonyl (C=O) groups is 1. The first kappa shape index (κ1) is 19.8. The van der Waals surface area contributed by atoms with E-state index in [4.69, 9.17) is 9.72 Å². The molecule has 0 saturated heterocycles. The molecular weight excluding hydrogens is 495 g/mol. The lowest BCUT2D eigenvalue weighted by Gasteiger charge is -2.13. The second-order valence-corrected chi connectivity index (χ2v) is 8.99. The van der Waals surface area contributed by atoms with E-state index in [9.17, 15) is 4.79 Å². The highest BCUT2D eigenvalue weighted by atomic mass is 127. The Balaban J connectivity index is 1.55. The molecule has 4 rings (SSSR count). The molecule has 0 aliphatic heterocycles. The van der Waals surface area contributed by atoms with Gasteiger partial charge in [0.05, 0.1) is 15.9 Å². The molecule has 1 heterocycles. The summed E-state index contributed by atoms with van der Waals surface area (Å²) in [7, 11) is 0. The van der Waals surface area contributed by atoms with E-state index >= 15 is 0 Å². The first-order valence-electron chi connectivity index (χ1n) is 9.15. The van der Waals surface area contributed by atoms with Crippen molar-refractivity contribution in [3.63, 3.8) is 0 Å². The van der Waals surface area contributed by atoms with Crippen molar-refractivity contribution in [2.75, 3.05) is 11.9 Å². The minimum Gasteiger partial charge on any atom is -0.483 e. The molecule has 0 radical (unpaired) electrons. The van der Waals surface area contributed by atoms with E-state index in [1.807, 2.05) is 68.4 Å². The highest BCUT2D eigenvalue weighted by Crippen LogP contribution is 2.35. The van der Waals surface area contributed by atoms with Crippen molar-refractivity contribution in [3.05, 3.63) is 75.4 Å². The van der Waals surface area contributed by atoms with Crippen molar-refractivity contribution in [3.8, 4) is 16.3 Å². The molecule has 3 aromatic carbocycles. The Kier molecular flexibility index (Phi) is 5.82. The first-order chi connectivity index (χ1) is 14.0. The number of hydrogen-bond acceptors (Lipinski definition) is 4. The normalized spacial score (nSPS) is 10.9. The van der Waals surface area contributed by atoms with Gasteiger partial charge in [-0.05, 0) is 84.0 Å². The smallest absolute Gasteiger partial charge is 0.262 e. The lowest BCUT2D eigenvalue weighted by molar-refractivity contribution is -0.118. The molecule has 4 nitrogen and oxygen atoms in total. The van der Waals surface area contributed by atoms with Crippen LogP contribution in [0.4, 0.5) is 5.69 Å². The zero-order chi connectivity index (χ0) is 20.4. The van der Waals surface area contributed by atoms with Crippen LogP contribution >= 0.6 is 33.9 Å². The van der Waals surface area contributed by atoms with Crippen LogP contribution in [0.5, 0.6) is 5.75 Å². The minimum atomic E-state index is -0.200. The second-order valence-electron chi connectivity index (χ2n) is 6.71. The van der Waals surface area contributed by atoms with Crippen molar-refractivity contribution >= 4 is 55.7 Å². The molecule has 0 bridgehead atoms. The third-order valence-electron chi connectivity index (χ3n) is 4.69. The number of carbonyl (C=O) groups excluding carboxylic acids is 1. The molecule has 146 valence electrons. The number of ether oxygens (including phenoxy) is 1.